The second-order valence-corrected chi connectivity index (χ2v) is 4.41. The van der Waals surface area contributed by atoms with E-state index in [2.05, 4.69) is 6.07 Å². The molecule has 1 unspecified atom stereocenters. The molecule has 20 heavy (non-hydrogen) atoms. The van der Waals surface area contributed by atoms with Gasteiger partial charge in [-0.2, -0.15) is 5.26 Å². The highest BCUT2D eigenvalue weighted by atomic mass is 16.5. The van der Waals surface area contributed by atoms with E-state index in [1.54, 1.807) is 7.11 Å². The zero-order valence-electron chi connectivity index (χ0n) is 11.9. The molecule has 0 fully saturated rings. The molecule has 5 nitrogen and oxygen atoms in total. The average molecular weight is 278 g/mol. The van der Waals surface area contributed by atoms with Crippen molar-refractivity contribution >= 4 is 5.69 Å². The van der Waals surface area contributed by atoms with E-state index in [0.29, 0.717) is 32.7 Å². The highest BCUT2D eigenvalue weighted by molar-refractivity contribution is 5.46. The number of rotatable bonds is 10. The lowest BCUT2D eigenvalue weighted by Gasteiger charge is -2.26. The van der Waals surface area contributed by atoms with Gasteiger partial charge in [0.05, 0.1) is 38.4 Å². The summed E-state index contributed by atoms with van der Waals surface area (Å²) in [6.07, 6.45) is -0.169. The van der Waals surface area contributed by atoms with Crippen molar-refractivity contribution in [1.82, 2.24) is 0 Å². The van der Waals surface area contributed by atoms with E-state index in [4.69, 9.17) is 14.7 Å². The van der Waals surface area contributed by atoms with Crippen molar-refractivity contribution in [2.75, 3.05) is 44.9 Å². The number of nitriles is 1. The Hall–Kier alpha value is -1.61. The first-order valence-electron chi connectivity index (χ1n) is 6.69. The Labute approximate surface area is 120 Å². The minimum Gasteiger partial charge on any atom is -0.389 e. The third kappa shape index (κ3) is 6.53. The van der Waals surface area contributed by atoms with Gasteiger partial charge in [0.25, 0.3) is 0 Å². The quantitative estimate of drug-likeness (QED) is 0.656. The largest absolute Gasteiger partial charge is 0.389 e. The van der Waals surface area contributed by atoms with Gasteiger partial charge in [0, 0.05) is 25.9 Å². The molecule has 0 heterocycles. The van der Waals surface area contributed by atoms with E-state index in [1.807, 2.05) is 35.2 Å². The van der Waals surface area contributed by atoms with Crippen LogP contribution in [-0.2, 0) is 9.47 Å². The SMILES string of the molecule is COCCOCC(O)CN(CCC#N)c1ccccc1. The molecule has 0 aliphatic carbocycles. The predicted octanol–water partition coefficient (Wildman–Crippen LogP) is 1.43. The molecule has 0 bridgehead atoms. The van der Waals surface area contributed by atoms with Crippen LogP contribution in [0.5, 0.6) is 0 Å². The number of nitrogens with zero attached hydrogens (tertiary/aromatic N) is 2. The van der Waals surface area contributed by atoms with E-state index < -0.39 is 6.10 Å². The van der Waals surface area contributed by atoms with Gasteiger partial charge in [-0.15, -0.1) is 0 Å². The molecule has 1 aromatic rings. The lowest BCUT2D eigenvalue weighted by atomic mass is 10.2. The smallest absolute Gasteiger partial charge is 0.0948 e. The van der Waals surface area contributed by atoms with Crippen molar-refractivity contribution in [2.24, 2.45) is 0 Å². The summed E-state index contributed by atoms with van der Waals surface area (Å²) in [5.41, 5.74) is 0.999. The lowest BCUT2D eigenvalue weighted by molar-refractivity contribution is 0.0161. The second kappa shape index (κ2) is 10.2. The van der Waals surface area contributed by atoms with Gasteiger partial charge in [-0.1, -0.05) is 18.2 Å². The average Bonchev–Trinajstić information content (AvgIpc) is 2.49. The van der Waals surface area contributed by atoms with E-state index in [0.717, 1.165) is 5.69 Å². The predicted molar refractivity (Wildman–Crippen MR) is 77.6 cm³/mol. The Morgan fingerprint density at radius 1 is 1.30 bits per heavy atom. The summed E-state index contributed by atoms with van der Waals surface area (Å²) < 4.78 is 10.2. The fraction of sp³-hybridized carbons (Fsp3) is 0.533. The van der Waals surface area contributed by atoms with Gasteiger partial charge in [0.2, 0.25) is 0 Å². The Bertz CT molecular complexity index is 392. The summed E-state index contributed by atoms with van der Waals surface area (Å²) >= 11 is 0. The molecular weight excluding hydrogens is 256 g/mol. The molecule has 0 aliphatic rings. The Morgan fingerprint density at radius 2 is 2.05 bits per heavy atom. The summed E-state index contributed by atoms with van der Waals surface area (Å²) in [5.74, 6) is 0. The summed E-state index contributed by atoms with van der Waals surface area (Å²) in [7, 11) is 1.61. The summed E-state index contributed by atoms with van der Waals surface area (Å²) in [6.45, 7) is 2.29. The molecule has 5 heteroatoms. The molecule has 110 valence electrons. The number of hydrogen-bond acceptors (Lipinski definition) is 5. The topological polar surface area (TPSA) is 65.7 Å². The molecular formula is C15H22N2O3. The van der Waals surface area contributed by atoms with Crippen LogP contribution in [0.2, 0.25) is 0 Å². The molecule has 0 aliphatic heterocycles. The maximum absolute atomic E-state index is 9.99. The molecule has 0 saturated heterocycles. The molecule has 0 aromatic heterocycles. The summed E-state index contributed by atoms with van der Waals surface area (Å²) in [6, 6.07) is 11.9. The summed E-state index contributed by atoms with van der Waals surface area (Å²) in [5, 5.41) is 18.7. The maximum Gasteiger partial charge on any atom is 0.0948 e. The number of hydrogen-bond donors (Lipinski definition) is 1. The van der Waals surface area contributed by atoms with Gasteiger partial charge in [-0.3, -0.25) is 0 Å². The van der Waals surface area contributed by atoms with E-state index in [-0.39, 0.29) is 6.61 Å². The van der Waals surface area contributed by atoms with E-state index >= 15 is 0 Å². The van der Waals surface area contributed by atoms with Gasteiger partial charge in [0.15, 0.2) is 0 Å². The Balaban J connectivity index is 2.46. The minimum atomic E-state index is -0.592. The highest BCUT2D eigenvalue weighted by Crippen LogP contribution is 2.14. The molecule has 0 amide bonds. The van der Waals surface area contributed by atoms with E-state index in [1.165, 1.54) is 0 Å². The van der Waals surface area contributed by atoms with Crippen LogP contribution in [0.3, 0.4) is 0 Å². The van der Waals surface area contributed by atoms with Crippen molar-refractivity contribution in [2.45, 2.75) is 12.5 Å². The number of aliphatic hydroxyl groups excluding tert-OH is 1. The third-order valence-electron chi connectivity index (χ3n) is 2.79. The Morgan fingerprint density at radius 3 is 2.70 bits per heavy atom. The van der Waals surface area contributed by atoms with Gasteiger partial charge >= 0.3 is 0 Å². The molecule has 0 radical (unpaired) electrons. The third-order valence-corrected chi connectivity index (χ3v) is 2.79. The van der Waals surface area contributed by atoms with Gasteiger partial charge in [0.1, 0.15) is 0 Å². The monoisotopic (exact) mass is 278 g/mol. The van der Waals surface area contributed by atoms with Gasteiger partial charge < -0.3 is 19.5 Å². The molecule has 0 spiro atoms. The van der Waals surface area contributed by atoms with Crippen LogP contribution in [0.1, 0.15) is 6.42 Å². The first-order chi connectivity index (χ1) is 9.77. The molecule has 1 atom stereocenters. The second-order valence-electron chi connectivity index (χ2n) is 4.41. The zero-order chi connectivity index (χ0) is 14.6. The fourth-order valence-corrected chi connectivity index (χ4v) is 1.82. The molecule has 1 N–H and O–H groups in total. The number of anilines is 1. The van der Waals surface area contributed by atoms with Gasteiger partial charge in [-0.25, -0.2) is 0 Å². The molecule has 0 saturated carbocycles. The van der Waals surface area contributed by atoms with Crippen molar-refractivity contribution in [1.29, 1.82) is 5.26 Å². The maximum atomic E-state index is 9.99. The van der Waals surface area contributed by atoms with Crippen molar-refractivity contribution in [3.05, 3.63) is 30.3 Å². The van der Waals surface area contributed by atoms with Crippen LogP contribution < -0.4 is 4.90 Å². The van der Waals surface area contributed by atoms with Crippen LogP contribution in [0.15, 0.2) is 30.3 Å². The molecule has 1 aromatic carbocycles. The molecule has 1 rings (SSSR count). The van der Waals surface area contributed by atoms with E-state index in [9.17, 15) is 5.11 Å². The number of aliphatic hydroxyl groups is 1. The summed E-state index contributed by atoms with van der Waals surface area (Å²) in [4.78, 5) is 1.99. The Kier molecular flexibility index (Phi) is 8.40. The van der Waals surface area contributed by atoms with Crippen LogP contribution in [-0.4, -0.2) is 51.2 Å². The van der Waals surface area contributed by atoms with Crippen LogP contribution >= 0.6 is 0 Å². The fourth-order valence-electron chi connectivity index (χ4n) is 1.82. The van der Waals surface area contributed by atoms with Crippen molar-refractivity contribution in [3.8, 4) is 6.07 Å². The lowest BCUT2D eigenvalue weighted by Crippen LogP contribution is -2.35. The van der Waals surface area contributed by atoms with Crippen molar-refractivity contribution in [3.63, 3.8) is 0 Å². The van der Waals surface area contributed by atoms with Crippen LogP contribution in [0.4, 0.5) is 5.69 Å². The number of benzene rings is 1. The zero-order valence-corrected chi connectivity index (χ0v) is 11.9. The van der Waals surface area contributed by atoms with Gasteiger partial charge in [-0.05, 0) is 12.1 Å². The van der Waals surface area contributed by atoms with Crippen LogP contribution in [0.25, 0.3) is 0 Å². The van der Waals surface area contributed by atoms with Crippen LogP contribution in [0, 0.1) is 11.3 Å². The first kappa shape index (κ1) is 16.4. The first-order valence-corrected chi connectivity index (χ1v) is 6.69. The highest BCUT2D eigenvalue weighted by Gasteiger charge is 2.12. The standard InChI is InChI=1S/C15H22N2O3/c1-19-10-11-20-13-15(18)12-17(9-5-8-16)14-6-3-2-4-7-14/h2-4,6-7,15,18H,5,9-13H2,1H3. The normalized spacial score (nSPS) is 11.8. The number of para-hydroxylation sites is 1. The number of methoxy groups -OCH3 is 1. The minimum absolute atomic E-state index is 0.263. The van der Waals surface area contributed by atoms with Crippen molar-refractivity contribution < 1.29 is 14.6 Å². The number of ether oxygens (including phenoxy) is 2.